The van der Waals surface area contributed by atoms with Crippen LogP contribution in [0.4, 0.5) is 0 Å². The van der Waals surface area contributed by atoms with E-state index in [2.05, 4.69) is 44.4 Å². The SMILES string of the molecule is Cc1cc2nc(-c3cccs3)cc(C(=O)N3CCC(C)CC3)c2cc1C. The summed E-state index contributed by atoms with van der Waals surface area (Å²) in [7, 11) is 0. The number of likely N-dealkylation sites (tertiary alicyclic amines) is 1. The fourth-order valence-electron chi connectivity index (χ4n) is 3.60. The summed E-state index contributed by atoms with van der Waals surface area (Å²) in [6.07, 6.45) is 2.18. The van der Waals surface area contributed by atoms with Gasteiger partial charge in [-0.15, -0.1) is 11.3 Å². The van der Waals surface area contributed by atoms with Gasteiger partial charge in [-0.05, 0) is 73.4 Å². The van der Waals surface area contributed by atoms with E-state index in [0.717, 1.165) is 53.0 Å². The van der Waals surface area contributed by atoms with Crippen molar-refractivity contribution >= 4 is 28.1 Å². The minimum absolute atomic E-state index is 0.144. The zero-order valence-corrected chi connectivity index (χ0v) is 16.4. The second-order valence-corrected chi connectivity index (χ2v) is 8.41. The number of pyridine rings is 1. The number of thiophene rings is 1. The third-order valence-electron chi connectivity index (χ3n) is 5.50. The number of hydrogen-bond acceptors (Lipinski definition) is 3. The van der Waals surface area contributed by atoms with E-state index in [1.54, 1.807) is 11.3 Å². The molecule has 0 bridgehead atoms. The molecule has 0 N–H and O–H groups in total. The summed E-state index contributed by atoms with van der Waals surface area (Å²) in [5, 5.41) is 3.02. The second-order valence-electron chi connectivity index (χ2n) is 7.46. The van der Waals surface area contributed by atoms with Crippen LogP contribution in [0.25, 0.3) is 21.5 Å². The van der Waals surface area contributed by atoms with Gasteiger partial charge in [-0.2, -0.15) is 0 Å². The lowest BCUT2D eigenvalue weighted by Crippen LogP contribution is -2.38. The van der Waals surface area contributed by atoms with Gasteiger partial charge in [0.1, 0.15) is 0 Å². The van der Waals surface area contributed by atoms with Crippen molar-refractivity contribution in [1.29, 1.82) is 0 Å². The van der Waals surface area contributed by atoms with Gasteiger partial charge >= 0.3 is 0 Å². The molecule has 1 aliphatic rings. The molecule has 4 rings (SSSR count). The Morgan fingerprint density at radius 3 is 2.58 bits per heavy atom. The molecule has 4 heteroatoms. The van der Waals surface area contributed by atoms with E-state index in [1.807, 2.05) is 17.0 Å². The molecule has 26 heavy (non-hydrogen) atoms. The summed E-state index contributed by atoms with van der Waals surface area (Å²) >= 11 is 1.66. The van der Waals surface area contributed by atoms with Gasteiger partial charge in [-0.1, -0.05) is 13.0 Å². The van der Waals surface area contributed by atoms with Gasteiger partial charge < -0.3 is 4.90 Å². The Bertz CT molecular complexity index is 954. The highest BCUT2D eigenvalue weighted by Gasteiger charge is 2.24. The molecule has 0 atom stereocenters. The van der Waals surface area contributed by atoms with Crippen LogP contribution >= 0.6 is 11.3 Å². The third kappa shape index (κ3) is 3.14. The summed E-state index contributed by atoms with van der Waals surface area (Å²) in [6, 6.07) is 10.3. The van der Waals surface area contributed by atoms with Gasteiger partial charge in [-0.3, -0.25) is 4.79 Å². The fraction of sp³-hybridized carbons (Fsp3) is 0.364. The number of fused-ring (bicyclic) bond motifs is 1. The van der Waals surface area contributed by atoms with Crippen molar-refractivity contribution in [2.45, 2.75) is 33.6 Å². The van der Waals surface area contributed by atoms with Crippen LogP contribution < -0.4 is 0 Å². The monoisotopic (exact) mass is 364 g/mol. The summed E-state index contributed by atoms with van der Waals surface area (Å²) in [5.74, 6) is 0.852. The molecular weight excluding hydrogens is 340 g/mol. The van der Waals surface area contributed by atoms with Crippen molar-refractivity contribution in [3.8, 4) is 10.6 Å². The number of rotatable bonds is 2. The lowest BCUT2D eigenvalue weighted by molar-refractivity contribution is 0.0699. The van der Waals surface area contributed by atoms with Crippen LogP contribution in [-0.2, 0) is 0 Å². The number of carbonyl (C=O) groups is 1. The van der Waals surface area contributed by atoms with E-state index in [1.165, 1.54) is 11.1 Å². The Morgan fingerprint density at radius 1 is 1.15 bits per heavy atom. The highest BCUT2D eigenvalue weighted by molar-refractivity contribution is 7.13. The van der Waals surface area contributed by atoms with Crippen molar-refractivity contribution in [1.82, 2.24) is 9.88 Å². The van der Waals surface area contributed by atoms with E-state index >= 15 is 0 Å². The zero-order chi connectivity index (χ0) is 18.3. The van der Waals surface area contributed by atoms with E-state index in [4.69, 9.17) is 4.98 Å². The summed E-state index contributed by atoms with van der Waals surface area (Å²) < 4.78 is 0. The number of aromatic nitrogens is 1. The number of aryl methyl sites for hydroxylation is 2. The standard InChI is InChI=1S/C22H24N2OS/c1-14-6-8-24(9-7-14)22(25)18-13-20(21-5-4-10-26-21)23-19-12-16(3)15(2)11-17(18)19/h4-5,10-14H,6-9H2,1-3H3. The van der Waals surface area contributed by atoms with E-state index < -0.39 is 0 Å². The topological polar surface area (TPSA) is 33.2 Å². The first-order chi connectivity index (χ1) is 12.5. The van der Waals surface area contributed by atoms with Crippen LogP contribution in [0.15, 0.2) is 35.7 Å². The number of piperidine rings is 1. The highest BCUT2D eigenvalue weighted by atomic mass is 32.1. The molecular formula is C22H24N2OS. The number of carbonyl (C=O) groups excluding carboxylic acids is 1. The van der Waals surface area contributed by atoms with Gasteiger partial charge in [0, 0.05) is 18.5 Å². The first-order valence-corrected chi connectivity index (χ1v) is 10.2. The first kappa shape index (κ1) is 17.2. The quantitative estimate of drug-likeness (QED) is 0.605. The fourth-order valence-corrected chi connectivity index (χ4v) is 4.28. The van der Waals surface area contributed by atoms with Crippen LogP contribution in [0.3, 0.4) is 0 Å². The number of benzene rings is 1. The molecule has 1 saturated heterocycles. The van der Waals surface area contributed by atoms with E-state index in [-0.39, 0.29) is 5.91 Å². The Labute approximate surface area is 158 Å². The molecule has 0 unspecified atom stereocenters. The summed E-state index contributed by atoms with van der Waals surface area (Å²) in [4.78, 5) is 21.3. The van der Waals surface area contributed by atoms with Crippen molar-refractivity contribution in [2.24, 2.45) is 5.92 Å². The summed E-state index contributed by atoms with van der Waals surface area (Å²) in [6.45, 7) is 8.16. The van der Waals surface area contributed by atoms with Gasteiger partial charge in [0.15, 0.2) is 0 Å². The average molecular weight is 365 g/mol. The van der Waals surface area contributed by atoms with Crippen LogP contribution in [0.5, 0.6) is 0 Å². The van der Waals surface area contributed by atoms with Crippen molar-refractivity contribution in [2.75, 3.05) is 13.1 Å². The molecule has 1 fully saturated rings. The normalized spacial score (nSPS) is 15.6. The molecule has 2 aromatic heterocycles. The lowest BCUT2D eigenvalue weighted by atomic mass is 9.97. The minimum Gasteiger partial charge on any atom is -0.339 e. The molecule has 3 nitrogen and oxygen atoms in total. The molecule has 0 spiro atoms. The lowest BCUT2D eigenvalue weighted by Gasteiger charge is -2.30. The Hall–Kier alpha value is -2.20. The van der Waals surface area contributed by atoms with Crippen LogP contribution in [0, 0.1) is 19.8 Å². The second kappa shape index (κ2) is 6.84. The van der Waals surface area contributed by atoms with Crippen molar-refractivity contribution in [3.05, 3.63) is 52.4 Å². The smallest absolute Gasteiger partial charge is 0.254 e. The van der Waals surface area contributed by atoms with Gasteiger partial charge in [0.2, 0.25) is 0 Å². The largest absolute Gasteiger partial charge is 0.339 e. The predicted octanol–water partition coefficient (Wildman–Crippen LogP) is 5.45. The van der Waals surface area contributed by atoms with Crippen LogP contribution in [-0.4, -0.2) is 28.9 Å². The molecule has 0 aliphatic carbocycles. The summed E-state index contributed by atoms with van der Waals surface area (Å²) in [5.41, 5.74) is 5.00. The highest BCUT2D eigenvalue weighted by Crippen LogP contribution is 2.30. The molecule has 3 heterocycles. The molecule has 3 aromatic rings. The van der Waals surface area contributed by atoms with Gasteiger partial charge in [0.25, 0.3) is 5.91 Å². The molecule has 0 radical (unpaired) electrons. The van der Waals surface area contributed by atoms with Gasteiger partial charge in [-0.25, -0.2) is 4.98 Å². The maximum Gasteiger partial charge on any atom is 0.254 e. The Morgan fingerprint density at radius 2 is 1.88 bits per heavy atom. The van der Waals surface area contributed by atoms with Crippen LogP contribution in [0.2, 0.25) is 0 Å². The molecule has 1 aromatic carbocycles. The van der Waals surface area contributed by atoms with Crippen LogP contribution in [0.1, 0.15) is 41.3 Å². The van der Waals surface area contributed by atoms with Crippen molar-refractivity contribution in [3.63, 3.8) is 0 Å². The van der Waals surface area contributed by atoms with E-state index in [0.29, 0.717) is 5.92 Å². The molecule has 1 amide bonds. The number of amides is 1. The maximum absolute atomic E-state index is 13.3. The molecule has 134 valence electrons. The van der Waals surface area contributed by atoms with Crippen molar-refractivity contribution < 1.29 is 4.79 Å². The third-order valence-corrected chi connectivity index (χ3v) is 6.39. The molecule has 0 saturated carbocycles. The number of hydrogen-bond donors (Lipinski definition) is 0. The number of nitrogens with zero attached hydrogens (tertiary/aromatic N) is 2. The Balaban J connectivity index is 1.85. The first-order valence-electron chi connectivity index (χ1n) is 9.28. The minimum atomic E-state index is 0.144. The average Bonchev–Trinajstić information content (AvgIpc) is 3.17. The zero-order valence-electron chi connectivity index (χ0n) is 15.6. The van der Waals surface area contributed by atoms with Gasteiger partial charge in [0.05, 0.1) is 21.7 Å². The predicted molar refractivity (Wildman–Crippen MR) is 109 cm³/mol. The molecule has 1 aliphatic heterocycles. The van der Waals surface area contributed by atoms with E-state index in [9.17, 15) is 4.79 Å². The maximum atomic E-state index is 13.3. The Kier molecular flexibility index (Phi) is 4.53.